The molecule has 0 saturated carbocycles. The van der Waals surface area contributed by atoms with Crippen LogP contribution in [-0.2, 0) is 0 Å². The first-order valence-electron chi connectivity index (χ1n) is 7.55. The van der Waals surface area contributed by atoms with Gasteiger partial charge in [-0.15, -0.1) is 0 Å². The number of nitrogens with one attached hydrogen (secondary N) is 1. The van der Waals surface area contributed by atoms with Crippen LogP contribution in [0.25, 0.3) is 0 Å². The highest BCUT2D eigenvalue weighted by molar-refractivity contribution is 8.00. The average molecular weight is 273 g/mol. The van der Waals surface area contributed by atoms with Crippen LogP contribution in [0.15, 0.2) is 0 Å². The predicted molar refractivity (Wildman–Crippen MR) is 84.5 cm³/mol. The molecular weight excluding hydrogens is 240 g/mol. The summed E-state index contributed by atoms with van der Waals surface area (Å²) < 4.78 is 0.470. The molecule has 1 N–H and O–H groups in total. The van der Waals surface area contributed by atoms with Crippen molar-refractivity contribution in [3.8, 4) is 0 Å². The molecule has 18 heavy (non-hydrogen) atoms. The van der Waals surface area contributed by atoms with Gasteiger partial charge in [0.1, 0.15) is 0 Å². The van der Waals surface area contributed by atoms with Crippen molar-refractivity contribution < 1.29 is 0 Å². The number of thioether (sulfide) groups is 1. The first-order valence-corrected chi connectivity index (χ1v) is 8.53. The number of hydrogen-bond acceptors (Lipinski definition) is 3. The minimum absolute atomic E-state index is 0.470. The van der Waals surface area contributed by atoms with E-state index < -0.39 is 0 Å². The minimum Gasteiger partial charge on any atom is -0.316 e. The summed E-state index contributed by atoms with van der Waals surface area (Å²) in [7, 11) is 0. The molecule has 1 aliphatic heterocycles. The van der Waals surface area contributed by atoms with Gasteiger partial charge in [-0.25, -0.2) is 0 Å². The zero-order valence-electron chi connectivity index (χ0n) is 13.0. The first-order chi connectivity index (χ1) is 8.46. The Balaban J connectivity index is 2.38. The number of nitrogens with zero attached hydrogens (tertiary/aromatic N) is 1. The van der Waals surface area contributed by atoms with Gasteiger partial charge >= 0.3 is 0 Å². The molecule has 1 fully saturated rings. The highest BCUT2D eigenvalue weighted by Crippen LogP contribution is 2.31. The Kier molecular flexibility index (Phi) is 7.04. The van der Waals surface area contributed by atoms with Gasteiger partial charge in [-0.05, 0) is 45.3 Å². The van der Waals surface area contributed by atoms with Gasteiger partial charge < -0.3 is 5.32 Å². The third kappa shape index (κ3) is 5.50. The smallest absolute Gasteiger partial charge is 0.0116 e. The van der Waals surface area contributed by atoms with Crippen LogP contribution in [0.2, 0.25) is 0 Å². The third-order valence-electron chi connectivity index (χ3n) is 4.16. The Morgan fingerprint density at radius 2 is 2.00 bits per heavy atom. The standard InChI is InChI=1S/C15H32N2S/c1-6-8-16-12-13(2)14(3)17-9-7-15(4,5)18-11-10-17/h13-14,16H,6-12H2,1-5H3. The summed E-state index contributed by atoms with van der Waals surface area (Å²) >= 11 is 2.14. The summed E-state index contributed by atoms with van der Waals surface area (Å²) in [5, 5.41) is 3.55. The van der Waals surface area contributed by atoms with Gasteiger partial charge in [0.05, 0.1) is 0 Å². The minimum atomic E-state index is 0.470. The Morgan fingerprint density at radius 3 is 2.67 bits per heavy atom. The third-order valence-corrected chi connectivity index (χ3v) is 5.54. The molecule has 108 valence electrons. The van der Waals surface area contributed by atoms with Crippen LogP contribution in [-0.4, -0.2) is 47.6 Å². The molecule has 1 heterocycles. The van der Waals surface area contributed by atoms with E-state index in [0.717, 1.165) is 19.0 Å². The maximum Gasteiger partial charge on any atom is 0.0116 e. The van der Waals surface area contributed by atoms with E-state index in [2.05, 4.69) is 56.6 Å². The van der Waals surface area contributed by atoms with Crippen molar-refractivity contribution in [2.75, 3.05) is 31.9 Å². The Morgan fingerprint density at radius 1 is 1.28 bits per heavy atom. The Hall–Kier alpha value is 0.270. The SMILES string of the molecule is CCCNCC(C)C(C)N1CCSC(C)(C)CC1. The molecule has 0 radical (unpaired) electrons. The van der Waals surface area contributed by atoms with E-state index in [4.69, 9.17) is 0 Å². The van der Waals surface area contributed by atoms with Gasteiger partial charge in [-0.1, -0.05) is 27.7 Å². The van der Waals surface area contributed by atoms with E-state index in [0.29, 0.717) is 10.8 Å². The van der Waals surface area contributed by atoms with E-state index in [1.54, 1.807) is 0 Å². The molecule has 0 bridgehead atoms. The summed E-state index contributed by atoms with van der Waals surface area (Å²) in [6, 6.07) is 0.698. The molecular formula is C15H32N2S. The lowest BCUT2D eigenvalue weighted by molar-refractivity contribution is 0.166. The Labute approximate surface area is 118 Å². The lowest BCUT2D eigenvalue weighted by Crippen LogP contribution is -2.42. The van der Waals surface area contributed by atoms with Gasteiger partial charge in [-0.3, -0.25) is 4.90 Å². The van der Waals surface area contributed by atoms with E-state index >= 15 is 0 Å². The molecule has 0 amide bonds. The molecule has 2 unspecified atom stereocenters. The fourth-order valence-electron chi connectivity index (χ4n) is 2.48. The number of hydrogen-bond donors (Lipinski definition) is 1. The molecule has 0 aromatic carbocycles. The van der Waals surface area contributed by atoms with Crippen molar-refractivity contribution in [1.29, 1.82) is 0 Å². The average Bonchev–Trinajstić information content (AvgIpc) is 2.49. The van der Waals surface area contributed by atoms with E-state index in [1.807, 2.05) is 0 Å². The highest BCUT2D eigenvalue weighted by atomic mass is 32.2. The molecule has 1 saturated heterocycles. The lowest BCUT2D eigenvalue weighted by atomic mass is 10.0. The van der Waals surface area contributed by atoms with Crippen LogP contribution in [0.4, 0.5) is 0 Å². The van der Waals surface area contributed by atoms with E-state index in [-0.39, 0.29) is 0 Å². The normalized spacial score (nSPS) is 24.5. The van der Waals surface area contributed by atoms with Crippen LogP contribution in [0, 0.1) is 5.92 Å². The van der Waals surface area contributed by atoms with Crippen molar-refractivity contribution >= 4 is 11.8 Å². The maximum atomic E-state index is 3.55. The fraction of sp³-hybridized carbons (Fsp3) is 1.00. The topological polar surface area (TPSA) is 15.3 Å². The van der Waals surface area contributed by atoms with Crippen LogP contribution >= 0.6 is 11.8 Å². The van der Waals surface area contributed by atoms with Crippen molar-refractivity contribution in [1.82, 2.24) is 10.2 Å². The monoisotopic (exact) mass is 272 g/mol. The summed E-state index contributed by atoms with van der Waals surface area (Å²) in [4.78, 5) is 2.69. The van der Waals surface area contributed by atoms with Crippen LogP contribution < -0.4 is 5.32 Å². The second-order valence-corrected chi connectivity index (χ2v) is 8.12. The highest BCUT2D eigenvalue weighted by Gasteiger charge is 2.27. The molecule has 2 nitrogen and oxygen atoms in total. The maximum absolute atomic E-state index is 3.55. The van der Waals surface area contributed by atoms with E-state index in [9.17, 15) is 0 Å². The zero-order chi connectivity index (χ0) is 13.6. The summed E-state index contributed by atoms with van der Waals surface area (Å²) in [5.41, 5.74) is 0. The zero-order valence-corrected chi connectivity index (χ0v) is 13.8. The van der Waals surface area contributed by atoms with Gasteiger partial charge in [0.25, 0.3) is 0 Å². The molecule has 1 aliphatic rings. The van der Waals surface area contributed by atoms with Crippen molar-refractivity contribution in [3.63, 3.8) is 0 Å². The summed E-state index contributed by atoms with van der Waals surface area (Å²) in [6.07, 6.45) is 2.55. The molecule has 0 aromatic rings. The van der Waals surface area contributed by atoms with Gasteiger partial charge in [-0.2, -0.15) is 11.8 Å². The molecule has 0 aromatic heterocycles. The predicted octanol–water partition coefficient (Wildman–Crippen LogP) is 3.23. The van der Waals surface area contributed by atoms with Gasteiger partial charge in [0, 0.05) is 23.1 Å². The first kappa shape index (κ1) is 16.3. The fourth-order valence-corrected chi connectivity index (χ4v) is 3.59. The van der Waals surface area contributed by atoms with Crippen LogP contribution in [0.5, 0.6) is 0 Å². The van der Waals surface area contributed by atoms with Crippen LogP contribution in [0.3, 0.4) is 0 Å². The van der Waals surface area contributed by atoms with Crippen molar-refractivity contribution in [2.45, 2.75) is 58.2 Å². The molecule has 3 heteroatoms. The molecule has 2 atom stereocenters. The Bertz CT molecular complexity index is 231. The second kappa shape index (κ2) is 7.76. The summed E-state index contributed by atoms with van der Waals surface area (Å²) in [6.45, 7) is 16.6. The number of rotatable bonds is 6. The molecule has 0 spiro atoms. The van der Waals surface area contributed by atoms with E-state index in [1.165, 1.54) is 31.7 Å². The summed E-state index contributed by atoms with van der Waals surface area (Å²) in [5.74, 6) is 2.02. The second-order valence-electron chi connectivity index (χ2n) is 6.32. The van der Waals surface area contributed by atoms with Crippen molar-refractivity contribution in [3.05, 3.63) is 0 Å². The lowest BCUT2D eigenvalue weighted by Gasteiger charge is -2.32. The largest absolute Gasteiger partial charge is 0.316 e. The molecule has 0 aliphatic carbocycles. The van der Waals surface area contributed by atoms with Crippen LogP contribution in [0.1, 0.15) is 47.5 Å². The molecule has 1 rings (SSSR count). The van der Waals surface area contributed by atoms with Gasteiger partial charge in [0.2, 0.25) is 0 Å². The van der Waals surface area contributed by atoms with Crippen molar-refractivity contribution in [2.24, 2.45) is 5.92 Å². The quantitative estimate of drug-likeness (QED) is 0.747. The van der Waals surface area contributed by atoms with Gasteiger partial charge in [0.15, 0.2) is 0 Å².